The van der Waals surface area contributed by atoms with Gasteiger partial charge in [0.15, 0.2) is 0 Å². The Bertz CT molecular complexity index is 983. The van der Waals surface area contributed by atoms with Gasteiger partial charge in [-0.15, -0.1) is 12.4 Å². The fourth-order valence-corrected chi connectivity index (χ4v) is 4.69. The number of hydrogen-bond acceptors (Lipinski definition) is 4. The van der Waals surface area contributed by atoms with Gasteiger partial charge < -0.3 is 16.2 Å². The molecule has 1 saturated heterocycles. The van der Waals surface area contributed by atoms with Crippen LogP contribution in [0.15, 0.2) is 36.4 Å². The summed E-state index contributed by atoms with van der Waals surface area (Å²) >= 11 is 6.07. The van der Waals surface area contributed by atoms with Crippen molar-refractivity contribution in [2.75, 3.05) is 6.54 Å². The standard InChI is InChI=1S/C24H30ClN3O3.ClH/c1-14-5-4-6-17(7-14)9-18-10-21(23(26)30)28(13-18)16(3)24(31)27-12-19-11-20(25)8-15(2)22(19)29;/h4-8,11,16,18,21,29H,9-10,12-13H2,1-3H3,(H2,26,30)(H,27,31);1H/t16-,18?,21?;/m0./s1. The Morgan fingerprint density at radius 3 is 2.66 bits per heavy atom. The highest BCUT2D eigenvalue weighted by atomic mass is 35.5. The van der Waals surface area contributed by atoms with Crippen LogP contribution in [-0.2, 0) is 22.6 Å². The molecule has 0 spiro atoms. The van der Waals surface area contributed by atoms with E-state index in [0.29, 0.717) is 29.1 Å². The minimum atomic E-state index is -0.526. The molecule has 8 heteroatoms. The molecule has 1 heterocycles. The molecule has 0 saturated carbocycles. The van der Waals surface area contributed by atoms with Crippen molar-refractivity contribution in [3.63, 3.8) is 0 Å². The van der Waals surface area contributed by atoms with E-state index < -0.39 is 18.0 Å². The molecular formula is C24H31Cl2N3O3. The van der Waals surface area contributed by atoms with Crippen molar-refractivity contribution in [2.45, 2.75) is 52.2 Å². The lowest BCUT2D eigenvalue weighted by atomic mass is 9.96. The van der Waals surface area contributed by atoms with Gasteiger partial charge in [0.05, 0.1) is 12.1 Å². The molecule has 1 aliphatic heterocycles. The van der Waals surface area contributed by atoms with Crippen molar-refractivity contribution < 1.29 is 14.7 Å². The van der Waals surface area contributed by atoms with Gasteiger partial charge in [-0.3, -0.25) is 14.5 Å². The summed E-state index contributed by atoms with van der Waals surface area (Å²) in [6.07, 6.45) is 1.47. The van der Waals surface area contributed by atoms with Gasteiger partial charge in [0, 0.05) is 23.7 Å². The van der Waals surface area contributed by atoms with Crippen molar-refractivity contribution in [1.29, 1.82) is 0 Å². The SMILES string of the molecule is Cc1cccc(CC2CC(C(N)=O)N([C@@H](C)C(=O)NCc3cc(Cl)cc(C)c3O)C2)c1.Cl. The fraction of sp³-hybridized carbons (Fsp3) is 0.417. The van der Waals surface area contributed by atoms with Gasteiger partial charge in [0.1, 0.15) is 5.75 Å². The molecular weight excluding hydrogens is 449 g/mol. The number of halogens is 2. The fourth-order valence-electron chi connectivity index (χ4n) is 4.40. The number of benzene rings is 2. The van der Waals surface area contributed by atoms with E-state index in [-0.39, 0.29) is 36.5 Å². The topological polar surface area (TPSA) is 95.7 Å². The number of carbonyl (C=O) groups is 2. The summed E-state index contributed by atoms with van der Waals surface area (Å²) in [5.74, 6) is -0.269. The van der Waals surface area contributed by atoms with Crippen LogP contribution in [0.4, 0.5) is 0 Å². The molecule has 1 aliphatic rings. The average molecular weight is 480 g/mol. The normalized spacial score (nSPS) is 19.2. The second-order valence-corrected chi connectivity index (χ2v) is 8.97. The summed E-state index contributed by atoms with van der Waals surface area (Å²) in [6, 6.07) is 10.6. The van der Waals surface area contributed by atoms with Crippen molar-refractivity contribution in [1.82, 2.24) is 10.2 Å². The van der Waals surface area contributed by atoms with Gasteiger partial charge in [0.25, 0.3) is 0 Å². The van der Waals surface area contributed by atoms with Crippen LogP contribution in [0.2, 0.25) is 5.02 Å². The zero-order chi connectivity index (χ0) is 22.7. The lowest BCUT2D eigenvalue weighted by Gasteiger charge is -2.28. The smallest absolute Gasteiger partial charge is 0.237 e. The molecule has 2 aromatic rings. The third-order valence-electron chi connectivity index (χ3n) is 6.04. The highest BCUT2D eigenvalue weighted by Crippen LogP contribution is 2.29. The molecule has 0 radical (unpaired) electrons. The summed E-state index contributed by atoms with van der Waals surface area (Å²) in [5.41, 5.74) is 9.29. The van der Waals surface area contributed by atoms with E-state index >= 15 is 0 Å². The molecule has 4 N–H and O–H groups in total. The summed E-state index contributed by atoms with van der Waals surface area (Å²) in [7, 11) is 0. The van der Waals surface area contributed by atoms with Crippen LogP contribution in [0.3, 0.4) is 0 Å². The first-order valence-electron chi connectivity index (χ1n) is 10.5. The van der Waals surface area contributed by atoms with E-state index in [1.54, 1.807) is 26.0 Å². The Labute approximate surface area is 200 Å². The number of phenols is 1. The molecule has 3 atom stereocenters. The second-order valence-electron chi connectivity index (χ2n) is 8.53. The maximum atomic E-state index is 12.8. The van der Waals surface area contributed by atoms with E-state index in [1.165, 1.54) is 11.1 Å². The van der Waals surface area contributed by atoms with Crippen LogP contribution in [0.1, 0.15) is 35.6 Å². The minimum Gasteiger partial charge on any atom is -0.507 e. The lowest BCUT2D eigenvalue weighted by Crippen LogP contribution is -2.51. The lowest BCUT2D eigenvalue weighted by molar-refractivity contribution is -0.129. The Balaban J connectivity index is 0.00000363. The van der Waals surface area contributed by atoms with Crippen LogP contribution < -0.4 is 11.1 Å². The van der Waals surface area contributed by atoms with Gasteiger partial charge >= 0.3 is 0 Å². The van der Waals surface area contributed by atoms with Gasteiger partial charge in [-0.25, -0.2) is 0 Å². The number of amides is 2. The summed E-state index contributed by atoms with van der Waals surface area (Å²) in [4.78, 5) is 26.8. The number of primary amides is 1. The number of likely N-dealkylation sites (tertiary alicyclic amines) is 1. The van der Waals surface area contributed by atoms with Crippen molar-refractivity contribution >= 4 is 35.8 Å². The van der Waals surface area contributed by atoms with E-state index in [2.05, 4.69) is 30.4 Å². The summed E-state index contributed by atoms with van der Waals surface area (Å²) < 4.78 is 0. The predicted molar refractivity (Wildman–Crippen MR) is 129 cm³/mol. The number of nitrogens with zero attached hydrogens (tertiary/aromatic N) is 1. The van der Waals surface area contributed by atoms with Gasteiger partial charge in [-0.1, -0.05) is 41.4 Å². The van der Waals surface area contributed by atoms with Crippen LogP contribution >= 0.6 is 24.0 Å². The number of aromatic hydroxyl groups is 1. The largest absolute Gasteiger partial charge is 0.507 e. The zero-order valence-corrected chi connectivity index (χ0v) is 20.2. The van der Waals surface area contributed by atoms with E-state index in [9.17, 15) is 14.7 Å². The molecule has 1 fully saturated rings. The predicted octanol–water partition coefficient (Wildman–Crippen LogP) is 3.51. The van der Waals surface area contributed by atoms with Crippen molar-refractivity contribution in [3.8, 4) is 5.75 Å². The van der Waals surface area contributed by atoms with Crippen LogP contribution in [0.25, 0.3) is 0 Å². The van der Waals surface area contributed by atoms with Crippen LogP contribution in [0, 0.1) is 19.8 Å². The zero-order valence-electron chi connectivity index (χ0n) is 18.6. The maximum absolute atomic E-state index is 12.8. The first-order valence-corrected chi connectivity index (χ1v) is 10.9. The Kier molecular flexibility index (Phi) is 8.96. The van der Waals surface area contributed by atoms with Gasteiger partial charge in [-0.2, -0.15) is 0 Å². The average Bonchev–Trinajstić information content (AvgIpc) is 3.12. The van der Waals surface area contributed by atoms with Gasteiger partial charge in [0.2, 0.25) is 11.8 Å². The van der Waals surface area contributed by atoms with Crippen LogP contribution in [-0.4, -0.2) is 40.4 Å². The van der Waals surface area contributed by atoms with Crippen molar-refractivity contribution in [2.24, 2.45) is 11.7 Å². The number of carbonyl (C=O) groups excluding carboxylic acids is 2. The number of aryl methyl sites for hydroxylation is 2. The summed E-state index contributed by atoms with van der Waals surface area (Å²) in [5, 5.41) is 13.6. The number of nitrogens with one attached hydrogen (secondary N) is 1. The van der Waals surface area contributed by atoms with E-state index in [4.69, 9.17) is 17.3 Å². The quantitative estimate of drug-likeness (QED) is 0.565. The molecule has 0 bridgehead atoms. The molecule has 32 heavy (non-hydrogen) atoms. The van der Waals surface area contributed by atoms with Gasteiger partial charge in [-0.05, 0) is 62.8 Å². The monoisotopic (exact) mass is 479 g/mol. The molecule has 2 aromatic carbocycles. The summed E-state index contributed by atoms with van der Waals surface area (Å²) in [6.45, 7) is 6.37. The number of nitrogens with two attached hydrogens (primary N) is 1. The third kappa shape index (κ3) is 6.15. The molecule has 3 rings (SSSR count). The highest BCUT2D eigenvalue weighted by Gasteiger charge is 2.40. The van der Waals surface area contributed by atoms with E-state index in [1.807, 2.05) is 11.0 Å². The second kappa shape index (κ2) is 11.0. The molecule has 2 unspecified atom stereocenters. The Hall–Kier alpha value is -2.28. The molecule has 0 aliphatic carbocycles. The first kappa shape index (κ1) is 26.0. The Morgan fingerprint density at radius 1 is 1.28 bits per heavy atom. The molecule has 6 nitrogen and oxygen atoms in total. The van der Waals surface area contributed by atoms with E-state index in [0.717, 1.165) is 6.42 Å². The molecule has 0 aromatic heterocycles. The third-order valence-corrected chi connectivity index (χ3v) is 6.25. The van der Waals surface area contributed by atoms with Crippen molar-refractivity contribution in [3.05, 3.63) is 63.7 Å². The first-order chi connectivity index (χ1) is 14.7. The maximum Gasteiger partial charge on any atom is 0.237 e. The van der Waals surface area contributed by atoms with Crippen LogP contribution in [0.5, 0.6) is 5.75 Å². The minimum absolute atomic E-state index is 0. The molecule has 174 valence electrons. The highest BCUT2D eigenvalue weighted by molar-refractivity contribution is 6.30. The number of rotatable bonds is 7. The molecule has 2 amide bonds. The number of phenolic OH excluding ortho intramolecular Hbond substituents is 1. The number of hydrogen-bond donors (Lipinski definition) is 3. The Morgan fingerprint density at radius 2 is 2.00 bits per heavy atom.